The molecule has 0 saturated heterocycles. The average molecular weight is 250 g/mol. The van der Waals surface area contributed by atoms with E-state index in [2.05, 4.69) is 6.92 Å². The molecule has 0 unspecified atom stereocenters. The van der Waals surface area contributed by atoms with Gasteiger partial charge < -0.3 is 4.74 Å². The van der Waals surface area contributed by atoms with Gasteiger partial charge in [0.15, 0.2) is 11.6 Å². The van der Waals surface area contributed by atoms with Crippen LogP contribution in [-0.4, -0.2) is 6.61 Å². The van der Waals surface area contributed by atoms with E-state index in [9.17, 15) is 4.39 Å². The van der Waals surface area contributed by atoms with Crippen molar-refractivity contribution < 1.29 is 9.13 Å². The summed E-state index contributed by atoms with van der Waals surface area (Å²) in [5.74, 6) is 1.58. The molecule has 1 aromatic carbocycles. The first kappa shape index (κ1) is 13.4. The molecule has 2 aliphatic carbocycles. The molecule has 1 aromatic rings. The van der Waals surface area contributed by atoms with Gasteiger partial charge in [-0.2, -0.15) is 0 Å². The van der Waals surface area contributed by atoms with Gasteiger partial charge in [0.05, 0.1) is 6.61 Å². The molecule has 0 spiro atoms. The fraction of sp³-hybridized carbons (Fsp3) is 0.625. The first-order valence-electron chi connectivity index (χ1n) is 7.20. The van der Waals surface area contributed by atoms with E-state index in [1.807, 2.05) is 19.9 Å². The molecule has 100 valence electrons. The Hall–Kier alpha value is -1.05. The summed E-state index contributed by atoms with van der Waals surface area (Å²) in [6.07, 6.45) is 4.58. The highest BCUT2D eigenvalue weighted by Gasteiger charge is 2.27. The molecule has 3 rings (SSSR count). The van der Waals surface area contributed by atoms with E-state index in [4.69, 9.17) is 4.74 Å². The van der Waals surface area contributed by atoms with E-state index < -0.39 is 0 Å². The summed E-state index contributed by atoms with van der Waals surface area (Å²) in [6, 6.07) is 3.48. The van der Waals surface area contributed by atoms with Crippen molar-refractivity contribution in [3.05, 3.63) is 29.1 Å². The predicted octanol–water partition coefficient (Wildman–Crippen LogP) is 4.69. The van der Waals surface area contributed by atoms with Gasteiger partial charge >= 0.3 is 0 Å². The number of ether oxygens (including phenoxy) is 1. The van der Waals surface area contributed by atoms with Crippen LogP contribution in [0.25, 0.3) is 0 Å². The molecule has 0 radical (unpaired) electrons. The van der Waals surface area contributed by atoms with Crippen LogP contribution in [0.2, 0.25) is 0 Å². The monoisotopic (exact) mass is 250 g/mol. The van der Waals surface area contributed by atoms with Gasteiger partial charge in [0.2, 0.25) is 0 Å². The third-order valence-electron chi connectivity index (χ3n) is 3.77. The molecular formula is C16H23FO. The van der Waals surface area contributed by atoms with Gasteiger partial charge in [-0.3, -0.25) is 0 Å². The molecular weight excluding hydrogens is 227 g/mol. The summed E-state index contributed by atoms with van der Waals surface area (Å²) >= 11 is 0. The quantitative estimate of drug-likeness (QED) is 0.756. The number of rotatable bonds is 3. The summed E-state index contributed by atoms with van der Waals surface area (Å²) in [5, 5.41) is 0. The van der Waals surface area contributed by atoms with E-state index in [0.717, 1.165) is 18.4 Å². The number of hydrogen-bond acceptors (Lipinski definition) is 1. The van der Waals surface area contributed by atoms with Crippen LogP contribution in [0.5, 0.6) is 5.75 Å². The minimum absolute atomic E-state index is 0.187. The topological polar surface area (TPSA) is 9.23 Å². The third kappa shape index (κ3) is 2.68. The van der Waals surface area contributed by atoms with Crippen LogP contribution >= 0.6 is 0 Å². The molecule has 18 heavy (non-hydrogen) atoms. The van der Waals surface area contributed by atoms with Crippen molar-refractivity contribution in [3.8, 4) is 5.75 Å². The molecule has 0 aliphatic heterocycles. The van der Waals surface area contributed by atoms with Gasteiger partial charge in [0, 0.05) is 5.56 Å². The minimum atomic E-state index is -0.187. The van der Waals surface area contributed by atoms with Crippen molar-refractivity contribution in [3.63, 3.8) is 0 Å². The Balaban J connectivity index is 0.000000574. The molecule has 0 heterocycles. The molecule has 0 aromatic heterocycles. The highest BCUT2D eigenvalue weighted by atomic mass is 19.1. The Morgan fingerprint density at radius 3 is 2.61 bits per heavy atom. The molecule has 0 amide bonds. The van der Waals surface area contributed by atoms with Gasteiger partial charge in [-0.1, -0.05) is 26.8 Å². The highest BCUT2D eigenvalue weighted by molar-refractivity contribution is 5.46. The molecule has 0 bridgehead atoms. The Morgan fingerprint density at radius 1 is 1.22 bits per heavy atom. The number of fused-ring (bicyclic) bond motifs is 1. The second kappa shape index (κ2) is 5.73. The lowest BCUT2D eigenvalue weighted by Gasteiger charge is -2.12. The summed E-state index contributed by atoms with van der Waals surface area (Å²) in [5.41, 5.74) is 2.40. The van der Waals surface area contributed by atoms with Crippen molar-refractivity contribution in [2.24, 2.45) is 5.92 Å². The first-order chi connectivity index (χ1) is 8.75. The second-order valence-corrected chi connectivity index (χ2v) is 5.14. The van der Waals surface area contributed by atoms with Crippen molar-refractivity contribution in [1.29, 1.82) is 0 Å². The standard InChI is InChI=1S/C14H17FO.C2H6/c1-9-2-5-12-11(9)6-7-13(15)14(12)16-8-10-3-4-10;1-2/h6-7,9-10H,2-5,8H2,1H3;1-2H3/t9-;/m1./s1. The largest absolute Gasteiger partial charge is 0.490 e. The van der Waals surface area contributed by atoms with E-state index in [1.165, 1.54) is 18.4 Å². The zero-order valence-electron chi connectivity index (χ0n) is 11.6. The summed E-state index contributed by atoms with van der Waals surface area (Å²) in [4.78, 5) is 0. The molecule has 2 heteroatoms. The minimum Gasteiger partial charge on any atom is -0.490 e. The van der Waals surface area contributed by atoms with Gasteiger partial charge in [-0.25, -0.2) is 4.39 Å². The Bertz CT molecular complexity index is 410. The van der Waals surface area contributed by atoms with Crippen LogP contribution in [0, 0.1) is 11.7 Å². The maximum absolute atomic E-state index is 13.7. The second-order valence-electron chi connectivity index (χ2n) is 5.14. The Labute approximate surface area is 109 Å². The SMILES string of the molecule is CC.C[C@@H]1CCc2c1ccc(F)c2OCC1CC1. The Kier molecular flexibility index (Phi) is 4.26. The lowest BCUT2D eigenvalue weighted by Crippen LogP contribution is -2.04. The third-order valence-corrected chi connectivity index (χ3v) is 3.77. The van der Waals surface area contributed by atoms with E-state index >= 15 is 0 Å². The van der Waals surface area contributed by atoms with E-state index in [-0.39, 0.29) is 5.82 Å². The van der Waals surface area contributed by atoms with E-state index in [0.29, 0.717) is 24.2 Å². The van der Waals surface area contributed by atoms with Crippen LogP contribution in [0.3, 0.4) is 0 Å². The van der Waals surface area contributed by atoms with Crippen LogP contribution in [0.1, 0.15) is 57.1 Å². The van der Waals surface area contributed by atoms with Crippen molar-refractivity contribution in [1.82, 2.24) is 0 Å². The lowest BCUT2D eigenvalue weighted by molar-refractivity contribution is 0.282. The molecule has 1 nitrogen and oxygen atoms in total. The molecule has 1 fully saturated rings. The number of halogens is 1. The summed E-state index contributed by atoms with van der Waals surface area (Å²) in [7, 11) is 0. The Morgan fingerprint density at radius 2 is 1.94 bits per heavy atom. The van der Waals surface area contributed by atoms with Crippen molar-refractivity contribution in [2.75, 3.05) is 6.61 Å². The van der Waals surface area contributed by atoms with Crippen molar-refractivity contribution in [2.45, 2.75) is 52.4 Å². The number of hydrogen-bond donors (Lipinski definition) is 0. The maximum atomic E-state index is 13.7. The van der Waals surface area contributed by atoms with Gasteiger partial charge in [-0.05, 0) is 49.1 Å². The van der Waals surface area contributed by atoms with Gasteiger partial charge in [-0.15, -0.1) is 0 Å². The van der Waals surface area contributed by atoms with Gasteiger partial charge in [0.25, 0.3) is 0 Å². The summed E-state index contributed by atoms with van der Waals surface area (Å²) in [6.45, 7) is 6.90. The smallest absolute Gasteiger partial charge is 0.165 e. The molecule has 0 N–H and O–H groups in total. The lowest BCUT2D eigenvalue weighted by atomic mass is 10.0. The van der Waals surface area contributed by atoms with E-state index in [1.54, 1.807) is 6.07 Å². The van der Waals surface area contributed by atoms with Crippen LogP contribution < -0.4 is 4.74 Å². The van der Waals surface area contributed by atoms with Gasteiger partial charge in [0.1, 0.15) is 0 Å². The maximum Gasteiger partial charge on any atom is 0.165 e. The zero-order valence-corrected chi connectivity index (χ0v) is 11.6. The highest BCUT2D eigenvalue weighted by Crippen LogP contribution is 2.40. The van der Waals surface area contributed by atoms with Crippen molar-refractivity contribution >= 4 is 0 Å². The molecule has 1 atom stereocenters. The fourth-order valence-corrected chi connectivity index (χ4v) is 2.49. The molecule has 1 saturated carbocycles. The predicted molar refractivity (Wildman–Crippen MR) is 72.7 cm³/mol. The first-order valence-corrected chi connectivity index (χ1v) is 7.20. The van der Waals surface area contributed by atoms with Crippen LogP contribution in [0.4, 0.5) is 4.39 Å². The normalized spacial score (nSPS) is 21.0. The molecule has 2 aliphatic rings. The fourth-order valence-electron chi connectivity index (χ4n) is 2.49. The zero-order chi connectivity index (χ0) is 13.1. The average Bonchev–Trinajstić information content (AvgIpc) is 3.14. The summed E-state index contributed by atoms with van der Waals surface area (Å²) < 4.78 is 19.4. The van der Waals surface area contributed by atoms with Crippen LogP contribution in [0.15, 0.2) is 12.1 Å². The number of benzene rings is 1. The van der Waals surface area contributed by atoms with Crippen LogP contribution in [-0.2, 0) is 6.42 Å².